The highest BCUT2D eigenvalue weighted by Crippen LogP contribution is 2.33. The van der Waals surface area contributed by atoms with Crippen LogP contribution >= 0.6 is 11.6 Å². The zero-order chi connectivity index (χ0) is 27.1. The summed E-state index contributed by atoms with van der Waals surface area (Å²) in [5, 5.41) is 18.2. The topological polar surface area (TPSA) is 132 Å². The van der Waals surface area contributed by atoms with E-state index in [4.69, 9.17) is 21.4 Å². The van der Waals surface area contributed by atoms with Crippen molar-refractivity contribution in [2.24, 2.45) is 0 Å². The maximum Gasteiger partial charge on any atom is 0.253 e. The predicted octanol–water partition coefficient (Wildman–Crippen LogP) is 3.02. The third-order valence-corrected chi connectivity index (χ3v) is 6.36. The van der Waals surface area contributed by atoms with Crippen LogP contribution < -0.4 is 25.6 Å². The molecule has 1 aromatic heterocycles. The largest absolute Gasteiger partial charge is 0.494 e. The lowest BCUT2D eigenvalue weighted by Gasteiger charge is -2.35. The number of aliphatic hydroxyl groups excluding tert-OH is 1. The average Bonchev–Trinajstić information content (AvgIpc) is 2.94. The molecule has 4 rings (SSSR count). The number of rotatable bonds is 9. The molecule has 1 fully saturated rings. The molecule has 200 valence electrons. The van der Waals surface area contributed by atoms with Gasteiger partial charge in [0.15, 0.2) is 5.82 Å². The Bertz CT molecular complexity index is 1300. The van der Waals surface area contributed by atoms with E-state index in [0.717, 1.165) is 18.8 Å². The minimum Gasteiger partial charge on any atom is -0.494 e. The first kappa shape index (κ1) is 27.0. The monoisotopic (exact) mass is 539 g/mol. The molecule has 11 nitrogen and oxygen atoms in total. The van der Waals surface area contributed by atoms with Gasteiger partial charge in [-0.3, -0.25) is 9.59 Å². The van der Waals surface area contributed by atoms with Gasteiger partial charge in [0.1, 0.15) is 10.8 Å². The summed E-state index contributed by atoms with van der Waals surface area (Å²) >= 11 is 6.36. The van der Waals surface area contributed by atoms with E-state index in [1.807, 2.05) is 23.1 Å². The number of nitrogens with one attached hydrogen (secondary N) is 3. The van der Waals surface area contributed by atoms with Crippen molar-refractivity contribution < 1.29 is 19.4 Å². The number of halogens is 1. The van der Waals surface area contributed by atoms with Gasteiger partial charge in [-0.1, -0.05) is 23.7 Å². The van der Waals surface area contributed by atoms with Crippen LogP contribution in [0.4, 0.5) is 28.8 Å². The second-order valence-electron chi connectivity index (χ2n) is 8.54. The highest BCUT2D eigenvalue weighted by Gasteiger charge is 2.20. The van der Waals surface area contributed by atoms with Gasteiger partial charge < -0.3 is 35.6 Å². The van der Waals surface area contributed by atoms with Crippen LogP contribution in [-0.4, -0.2) is 78.2 Å². The Morgan fingerprint density at radius 1 is 1.08 bits per heavy atom. The number of para-hydroxylation sites is 1. The van der Waals surface area contributed by atoms with E-state index in [1.54, 1.807) is 38.3 Å². The molecule has 12 heteroatoms. The molecular weight excluding hydrogens is 510 g/mol. The van der Waals surface area contributed by atoms with Gasteiger partial charge in [0.25, 0.3) is 5.91 Å². The van der Waals surface area contributed by atoms with E-state index >= 15 is 0 Å². The minimum absolute atomic E-state index is 0.0899. The number of carbonyl (C=O) groups is 2. The molecule has 1 aliphatic rings. The van der Waals surface area contributed by atoms with Crippen LogP contribution in [0.5, 0.6) is 5.75 Å². The molecular formula is C26H30ClN7O4. The fourth-order valence-corrected chi connectivity index (χ4v) is 4.22. The van der Waals surface area contributed by atoms with Crippen LogP contribution in [0, 0.1) is 0 Å². The Kier molecular flexibility index (Phi) is 8.82. The maximum atomic E-state index is 12.5. The van der Waals surface area contributed by atoms with E-state index in [-0.39, 0.29) is 35.9 Å². The summed E-state index contributed by atoms with van der Waals surface area (Å²) < 4.78 is 5.62. The van der Waals surface area contributed by atoms with Gasteiger partial charge in [0.2, 0.25) is 11.9 Å². The normalized spacial score (nSPS) is 13.2. The summed E-state index contributed by atoms with van der Waals surface area (Å²) in [6.07, 6.45) is 1.46. The Morgan fingerprint density at radius 3 is 2.55 bits per heavy atom. The molecule has 2 heterocycles. The summed E-state index contributed by atoms with van der Waals surface area (Å²) in [4.78, 5) is 36.9. The first-order valence-electron chi connectivity index (χ1n) is 12.1. The Morgan fingerprint density at radius 2 is 1.84 bits per heavy atom. The quantitative estimate of drug-likeness (QED) is 0.324. The molecule has 2 amide bonds. The lowest BCUT2D eigenvalue weighted by atomic mass is 10.1. The van der Waals surface area contributed by atoms with Crippen molar-refractivity contribution in [2.75, 3.05) is 62.0 Å². The van der Waals surface area contributed by atoms with Gasteiger partial charge in [-0.15, -0.1) is 0 Å². The number of amides is 2. The summed E-state index contributed by atoms with van der Waals surface area (Å²) in [5.41, 5.74) is 2.54. The number of methoxy groups -OCH3 is 1. The lowest BCUT2D eigenvalue weighted by molar-refractivity contribution is -0.129. The number of anilines is 5. The van der Waals surface area contributed by atoms with E-state index in [9.17, 15) is 9.59 Å². The zero-order valence-electron chi connectivity index (χ0n) is 21.2. The zero-order valence-corrected chi connectivity index (χ0v) is 22.0. The number of hydrogen-bond acceptors (Lipinski definition) is 9. The third kappa shape index (κ3) is 6.42. The first-order chi connectivity index (χ1) is 18.4. The number of nitrogens with zero attached hydrogens (tertiary/aromatic N) is 4. The maximum absolute atomic E-state index is 12.5. The number of hydrogen-bond donors (Lipinski definition) is 4. The van der Waals surface area contributed by atoms with Crippen molar-refractivity contribution in [1.82, 2.24) is 20.2 Å². The molecule has 0 atom stereocenters. The number of aliphatic hydroxyl groups is 1. The van der Waals surface area contributed by atoms with Gasteiger partial charge in [0.05, 0.1) is 36.9 Å². The second-order valence-corrected chi connectivity index (χ2v) is 8.95. The van der Waals surface area contributed by atoms with Crippen molar-refractivity contribution in [3.8, 4) is 5.75 Å². The van der Waals surface area contributed by atoms with Crippen LogP contribution in [0.2, 0.25) is 5.02 Å². The van der Waals surface area contributed by atoms with Gasteiger partial charge in [-0.05, 0) is 24.3 Å². The minimum atomic E-state index is -0.335. The molecule has 0 radical (unpaired) electrons. The second kappa shape index (κ2) is 12.4. The van der Waals surface area contributed by atoms with Crippen molar-refractivity contribution >= 4 is 52.2 Å². The molecule has 0 spiro atoms. The highest BCUT2D eigenvalue weighted by atomic mass is 35.5. The van der Waals surface area contributed by atoms with Crippen molar-refractivity contribution in [3.05, 3.63) is 59.2 Å². The fraction of sp³-hybridized carbons (Fsp3) is 0.308. The third-order valence-electron chi connectivity index (χ3n) is 6.09. The molecule has 2 aromatic carbocycles. The average molecular weight is 540 g/mol. The highest BCUT2D eigenvalue weighted by molar-refractivity contribution is 6.33. The number of carbonyl (C=O) groups excluding carboxylic acids is 2. The van der Waals surface area contributed by atoms with Crippen molar-refractivity contribution in [2.45, 2.75) is 6.92 Å². The van der Waals surface area contributed by atoms with Gasteiger partial charge >= 0.3 is 0 Å². The number of aromatic nitrogens is 2. The molecule has 3 aromatic rings. The molecule has 1 aliphatic heterocycles. The summed E-state index contributed by atoms with van der Waals surface area (Å²) in [7, 11) is 1.59. The van der Waals surface area contributed by atoms with Crippen LogP contribution in [0.25, 0.3) is 0 Å². The Balaban J connectivity index is 1.51. The van der Waals surface area contributed by atoms with Crippen LogP contribution in [0.3, 0.4) is 0 Å². The Hall–Kier alpha value is -4.09. The van der Waals surface area contributed by atoms with Crippen LogP contribution in [-0.2, 0) is 4.79 Å². The van der Waals surface area contributed by atoms with Gasteiger partial charge in [0, 0.05) is 51.4 Å². The fourth-order valence-electron chi connectivity index (χ4n) is 4.08. The number of ether oxygens (including phenoxy) is 1. The van der Waals surface area contributed by atoms with Crippen molar-refractivity contribution in [3.63, 3.8) is 0 Å². The van der Waals surface area contributed by atoms with Gasteiger partial charge in [-0.2, -0.15) is 4.98 Å². The van der Waals surface area contributed by atoms with Crippen LogP contribution in [0.15, 0.2) is 48.7 Å². The van der Waals surface area contributed by atoms with E-state index in [1.165, 1.54) is 6.20 Å². The van der Waals surface area contributed by atoms with Crippen LogP contribution in [0.1, 0.15) is 17.3 Å². The first-order valence-corrected chi connectivity index (χ1v) is 12.5. The summed E-state index contributed by atoms with van der Waals surface area (Å²) in [6.45, 7) is 4.42. The van der Waals surface area contributed by atoms with E-state index in [2.05, 4.69) is 30.8 Å². The number of benzene rings is 2. The summed E-state index contributed by atoms with van der Waals surface area (Å²) in [5.74, 6) is 0.950. The van der Waals surface area contributed by atoms with Crippen molar-refractivity contribution in [1.29, 1.82) is 0 Å². The predicted molar refractivity (Wildman–Crippen MR) is 147 cm³/mol. The standard InChI is InChI=1S/C26H30ClN7O4/c1-17(36)33-10-12-34(13-11-33)18-7-8-22(23(15-18)38-2)31-26-29-16-20(27)24(32-26)30-21-6-4-3-5-19(21)25(37)28-9-14-35/h3-8,15-16,35H,9-14H2,1-2H3,(H,28,37)(H2,29,30,31,32). The smallest absolute Gasteiger partial charge is 0.253 e. The van der Waals surface area contributed by atoms with E-state index in [0.29, 0.717) is 41.6 Å². The molecule has 0 saturated carbocycles. The SMILES string of the molecule is COc1cc(N2CCN(C(C)=O)CC2)ccc1Nc1ncc(Cl)c(Nc2ccccc2C(=O)NCCO)n1. The molecule has 1 saturated heterocycles. The van der Waals surface area contributed by atoms with E-state index < -0.39 is 0 Å². The van der Waals surface area contributed by atoms with Gasteiger partial charge in [-0.25, -0.2) is 4.98 Å². The Labute approximate surface area is 225 Å². The molecule has 38 heavy (non-hydrogen) atoms. The molecule has 4 N–H and O–H groups in total. The molecule has 0 unspecified atom stereocenters. The molecule has 0 bridgehead atoms. The number of piperazine rings is 1. The lowest BCUT2D eigenvalue weighted by Crippen LogP contribution is -2.48. The molecule has 0 aliphatic carbocycles. The summed E-state index contributed by atoms with van der Waals surface area (Å²) in [6, 6.07) is 12.7.